The van der Waals surface area contributed by atoms with Crippen LogP contribution in [0.1, 0.15) is 30.8 Å². The zero-order chi connectivity index (χ0) is 22.7. The summed E-state index contributed by atoms with van der Waals surface area (Å²) >= 11 is 0. The van der Waals surface area contributed by atoms with Gasteiger partial charge in [0.1, 0.15) is 17.6 Å². The van der Waals surface area contributed by atoms with Gasteiger partial charge in [-0.1, -0.05) is 18.2 Å². The van der Waals surface area contributed by atoms with E-state index in [2.05, 4.69) is 20.7 Å². The second-order valence-electron chi connectivity index (χ2n) is 7.39. The maximum atomic E-state index is 14.9. The van der Waals surface area contributed by atoms with E-state index in [1.807, 2.05) is 0 Å². The second-order valence-corrected chi connectivity index (χ2v) is 7.39. The van der Waals surface area contributed by atoms with Gasteiger partial charge in [-0.15, -0.1) is 0 Å². The predicted octanol–water partition coefficient (Wildman–Crippen LogP) is 3.28. The smallest absolute Gasteiger partial charge is 0.255 e. The molecule has 1 aliphatic heterocycles. The number of ether oxygens (including phenoxy) is 1. The van der Waals surface area contributed by atoms with E-state index in [0.717, 1.165) is 0 Å². The number of nitrogens with zero attached hydrogens (tertiary/aromatic N) is 3. The number of carbonyl (C=O) groups excluding carboxylic acids is 1. The number of carbonyl (C=O) groups is 1. The molecule has 0 saturated heterocycles. The number of allylic oxidation sites excluding steroid dienone is 1. The Balaban J connectivity index is 1.74. The molecule has 0 aliphatic carbocycles. The van der Waals surface area contributed by atoms with Gasteiger partial charge in [-0.05, 0) is 43.7 Å². The summed E-state index contributed by atoms with van der Waals surface area (Å²) in [4.78, 5) is 17.8. The maximum absolute atomic E-state index is 14.9. The van der Waals surface area contributed by atoms with Crippen molar-refractivity contribution in [2.24, 2.45) is 0 Å². The van der Waals surface area contributed by atoms with Gasteiger partial charge in [0.05, 0.1) is 12.7 Å². The van der Waals surface area contributed by atoms with Crippen LogP contribution >= 0.6 is 0 Å². The summed E-state index contributed by atoms with van der Waals surface area (Å²) in [5.41, 5.74) is 1.78. The molecule has 1 amide bonds. The standard InChI is InChI=1S/C23H24FN5O3/c1-14-20(22(31)26-15-9-11-16(32-2)12-10-15)21(17-6-3-4-7-18(17)24)29-23(25-14)27-19(28-29)8-5-13-30/h3-4,6-7,9-12,21,30H,5,8,13H2,1-2H3,(H,26,31)(H,25,27,28). The van der Waals surface area contributed by atoms with Gasteiger partial charge in [0.2, 0.25) is 5.95 Å². The quantitative estimate of drug-likeness (QED) is 0.524. The van der Waals surface area contributed by atoms with Gasteiger partial charge >= 0.3 is 0 Å². The average Bonchev–Trinajstić information content (AvgIpc) is 3.20. The van der Waals surface area contributed by atoms with Crippen molar-refractivity contribution >= 4 is 17.5 Å². The molecule has 0 saturated carbocycles. The minimum absolute atomic E-state index is 0.0147. The number of hydrogen-bond donors (Lipinski definition) is 3. The number of nitrogens with one attached hydrogen (secondary N) is 2. The molecule has 3 N–H and O–H groups in total. The number of aryl methyl sites for hydroxylation is 1. The molecule has 2 aromatic carbocycles. The normalized spacial score (nSPS) is 15.2. The molecule has 0 radical (unpaired) electrons. The number of fused-ring (bicyclic) bond motifs is 1. The minimum Gasteiger partial charge on any atom is -0.497 e. The summed E-state index contributed by atoms with van der Waals surface area (Å²) in [5.74, 6) is 0.772. The zero-order valence-corrected chi connectivity index (χ0v) is 17.8. The molecule has 2 heterocycles. The number of anilines is 2. The van der Waals surface area contributed by atoms with Crippen molar-refractivity contribution in [1.82, 2.24) is 14.8 Å². The lowest BCUT2D eigenvalue weighted by molar-refractivity contribution is -0.113. The molecular weight excluding hydrogens is 413 g/mol. The summed E-state index contributed by atoms with van der Waals surface area (Å²) in [6.07, 6.45) is 0.972. The Morgan fingerprint density at radius 1 is 1.25 bits per heavy atom. The van der Waals surface area contributed by atoms with Crippen LogP contribution in [-0.4, -0.2) is 39.5 Å². The van der Waals surface area contributed by atoms with Crippen molar-refractivity contribution in [3.05, 3.63) is 77.0 Å². The van der Waals surface area contributed by atoms with E-state index in [9.17, 15) is 9.18 Å². The van der Waals surface area contributed by atoms with Crippen molar-refractivity contribution in [3.63, 3.8) is 0 Å². The van der Waals surface area contributed by atoms with E-state index in [1.54, 1.807) is 56.5 Å². The van der Waals surface area contributed by atoms with Crippen LogP contribution in [0.15, 0.2) is 59.8 Å². The Hall–Kier alpha value is -3.72. The number of rotatable bonds is 7. The highest BCUT2D eigenvalue weighted by atomic mass is 19.1. The lowest BCUT2D eigenvalue weighted by Gasteiger charge is -2.29. The Kier molecular flexibility index (Phi) is 6.18. The Labute approximate surface area is 184 Å². The van der Waals surface area contributed by atoms with E-state index >= 15 is 0 Å². The highest BCUT2D eigenvalue weighted by molar-refractivity contribution is 6.06. The first kappa shape index (κ1) is 21.5. The number of amides is 1. The number of halogens is 1. The van der Waals surface area contributed by atoms with Gasteiger partial charge in [0.25, 0.3) is 5.91 Å². The molecule has 8 nitrogen and oxygen atoms in total. The molecule has 32 heavy (non-hydrogen) atoms. The first-order valence-electron chi connectivity index (χ1n) is 10.3. The van der Waals surface area contributed by atoms with Gasteiger partial charge < -0.3 is 20.5 Å². The minimum atomic E-state index is -0.805. The van der Waals surface area contributed by atoms with Crippen LogP contribution in [0.3, 0.4) is 0 Å². The molecule has 0 spiro atoms. The van der Waals surface area contributed by atoms with Crippen LogP contribution in [-0.2, 0) is 11.2 Å². The van der Waals surface area contributed by atoms with Crippen LogP contribution in [0.25, 0.3) is 0 Å². The molecule has 166 valence electrons. The predicted molar refractivity (Wildman–Crippen MR) is 118 cm³/mol. The number of aliphatic hydroxyl groups is 1. The molecule has 4 rings (SSSR count). The molecule has 0 bridgehead atoms. The summed E-state index contributed by atoms with van der Waals surface area (Å²) in [6.45, 7) is 1.77. The fourth-order valence-electron chi connectivity index (χ4n) is 3.69. The number of methoxy groups -OCH3 is 1. The lowest BCUT2D eigenvalue weighted by Crippen LogP contribution is -2.32. The van der Waals surface area contributed by atoms with Gasteiger partial charge in [0, 0.05) is 30.0 Å². The SMILES string of the molecule is COc1ccc(NC(=O)C2=C(C)Nc3nc(CCCO)nn3C2c2ccccc2F)cc1. The van der Waals surface area contributed by atoms with Crippen LogP contribution in [0.5, 0.6) is 5.75 Å². The van der Waals surface area contributed by atoms with Gasteiger partial charge in [-0.25, -0.2) is 9.07 Å². The van der Waals surface area contributed by atoms with E-state index in [-0.39, 0.29) is 12.5 Å². The Morgan fingerprint density at radius 3 is 2.69 bits per heavy atom. The first-order chi connectivity index (χ1) is 15.5. The third-order valence-corrected chi connectivity index (χ3v) is 5.25. The third kappa shape index (κ3) is 4.19. The maximum Gasteiger partial charge on any atom is 0.255 e. The molecule has 1 unspecified atom stereocenters. The van der Waals surface area contributed by atoms with E-state index in [4.69, 9.17) is 9.84 Å². The number of aromatic nitrogens is 3. The molecular formula is C23H24FN5O3. The average molecular weight is 437 g/mol. The molecule has 1 aromatic heterocycles. The van der Waals surface area contributed by atoms with E-state index < -0.39 is 11.9 Å². The summed E-state index contributed by atoms with van der Waals surface area (Å²) in [7, 11) is 1.57. The lowest BCUT2D eigenvalue weighted by atomic mass is 9.94. The first-order valence-corrected chi connectivity index (χ1v) is 10.3. The number of aliphatic hydroxyl groups excluding tert-OH is 1. The zero-order valence-electron chi connectivity index (χ0n) is 17.8. The highest BCUT2D eigenvalue weighted by Gasteiger charge is 2.35. The number of benzene rings is 2. The summed E-state index contributed by atoms with van der Waals surface area (Å²) in [6, 6.07) is 12.5. The van der Waals surface area contributed by atoms with E-state index in [1.165, 1.54) is 10.7 Å². The van der Waals surface area contributed by atoms with E-state index in [0.29, 0.717) is 52.9 Å². The van der Waals surface area contributed by atoms with Crippen molar-refractivity contribution in [1.29, 1.82) is 0 Å². The van der Waals surface area contributed by atoms with Crippen molar-refractivity contribution in [2.75, 3.05) is 24.4 Å². The highest BCUT2D eigenvalue weighted by Crippen LogP contribution is 2.36. The van der Waals surface area contributed by atoms with Crippen LogP contribution in [0.4, 0.5) is 16.0 Å². The van der Waals surface area contributed by atoms with Gasteiger partial charge in [-0.3, -0.25) is 4.79 Å². The molecule has 1 aliphatic rings. The fourth-order valence-corrected chi connectivity index (χ4v) is 3.69. The van der Waals surface area contributed by atoms with Crippen molar-refractivity contribution in [2.45, 2.75) is 25.8 Å². The topological polar surface area (TPSA) is 101 Å². The van der Waals surface area contributed by atoms with Crippen LogP contribution < -0.4 is 15.4 Å². The molecule has 9 heteroatoms. The summed E-state index contributed by atoms with van der Waals surface area (Å²) < 4.78 is 21.6. The fraction of sp³-hybridized carbons (Fsp3) is 0.261. The molecule has 1 atom stereocenters. The van der Waals surface area contributed by atoms with Gasteiger partial charge in [0.15, 0.2) is 5.82 Å². The summed E-state index contributed by atoms with van der Waals surface area (Å²) in [5, 5.41) is 19.6. The van der Waals surface area contributed by atoms with Crippen molar-refractivity contribution in [3.8, 4) is 5.75 Å². The number of hydrogen-bond acceptors (Lipinski definition) is 6. The largest absolute Gasteiger partial charge is 0.497 e. The molecule has 3 aromatic rings. The van der Waals surface area contributed by atoms with Crippen molar-refractivity contribution < 1.29 is 19.0 Å². The third-order valence-electron chi connectivity index (χ3n) is 5.25. The van der Waals surface area contributed by atoms with Crippen LogP contribution in [0, 0.1) is 5.82 Å². The molecule has 0 fully saturated rings. The monoisotopic (exact) mass is 437 g/mol. The Bertz CT molecular complexity index is 1160. The van der Waals surface area contributed by atoms with Crippen LogP contribution in [0.2, 0.25) is 0 Å². The van der Waals surface area contributed by atoms with Gasteiger partial charge in [-0.2, -0.15) is 10.1 Å². The second kappa shape index (κ2) is 9.19. The Morgan fingerprint density at radius 2 is 2.00 bits per heavy atom.